The van der Waals surface area contributed by atoms with Crippen molar-refractivity contribution < 1.29 is 62.2 Å². The van der Waals surface area contributed by atoms with Crippen molar-refractivity contribution in [2.24, 2.45) is 44.6 Å². The van der Waals surface area contributed by atoms with Gasteiger partial charge in [-0.1, -0.05) is 55.8 Å². The maximum atomic E-state index is 14.9. The van der Waals surface area contributed by atoms with Gasteiger partial charge in [0, 0.05) is 81.0 Å². The number of urea groups is 1. The molecule has 21 N–H and O–H groups in total. The summed E-state index contributed by atoms with van der Waals surface area (Å²) in [4.78, 5) is 153. The van der Waals surface area contributed by atoms with E-state index in [1.165, 1.54) is 17.2 Å². The Labute approximate surface area is 572 Å². The van der Waals surface area contributed by atoms with Crippen molar-refractivity contribution in [3.63, 3.8) is 0 Å². The monoisotopic (exact) mass is 1390 g/mol. The second kappa shape index (κ2) is 41.8. The van der Waals surface area contributed by atoms with Gasteiger partial charge < -0.3 is 101 Å². The van der Waals surface area contributed by atoms with Crippen LogP contribution in [-0.2, 0) is 83.2 Å². The largest absolute Gasteiger partial charge is 0.377 e. The lowest BCUT2D eigenvalue weighted by Gasteiger charge is -2.28. The summed E-state index contributed by atoms with van der Waals surface area (Å²) in [6.45, 7) is 4.58. The Morgan fingerprint density at radius 2 is 1.29 bits per heavy atom. The minimum atomic E-state index is -1.47. The molecule has 1 unspecified atom stereocenters. The van der Waals surface area contributed by atoms with Crippen LogP contribution in [0.15, 0.2) is 59.0 Å². The number of imidazole rings is 1. The number of aromatic amines is 1. The van der Waals surface area contributed by atoms with Gasteiger partial charge in [0.05, 0.1) is 57.1 Å². The highest BCUT2D eigenvalue weighted by molar-refractivity contribution is 8.00. The van der Waals surface area contributed by atoms with Crippen LogP contribution < -0.4 is 81.8 Å². The molecule has 35 nitrogen and oxygen atoms in total. The Kier molecular flexibility index (Phi) is 33.2. The molecule has 3 aliphatic rings. The van der Waals surface area contributed by atoms with E-state index in [4.69, 9.17) is 42.9 Å². The number of nitrogens with two attached hydrogens (primary N) is 5. The molecule has 0 radical (unpaired) electrons. The van der Waals surface area contributed by atoms with Gasteiger partial charge in [-0.05, 0) is 75.7 Å². The number of unbranched alkanes of at least 4 members (excludes halogenated alkanes) is 1. The lowest BCUT2D eigenvalue weighted by molar-refractivity contribution is -0.136. The number of nitrogens with one attached hydrogen (secondary N) is 11. The molecule has 2 bridgehead atoms. The first kappa shape index (κ1) is 77.8. The molecule has 0 saturated carbocycles. The van der Waals surface area contributed by atoms with E-state index in [1.54, 1.807) is 36.5 Å². The van der Waals surface area contributed by atoms with Gasteiger partial charge in [-0.2, -0.15) is 11.8 Å². The maximum Gasteiger partial charge on any atom is 0.315 e. The summed E-state index contributed by atoms with van der Waals surface area (Å²) in [5.74, 6) is -6.16. The van der Waals surface area contributed by atoms with Gasteiger partial charge in [0.1, 0.15) is 48.9 Å². The molecule has 1 aromatic carbocycles. The molecule has 98 heavy (non-hydrogen) atoms. The van der Waals surface area contributed by atoms with E-state index in [0.29, 0.717) is 42.3 Å². The van der Waals surface area contributed by atoms with Crippen molar-refractivity contribution >= 4 is 82.9 Å². The minimum absolute atomic E-state index is 0.0196. The molecule has 10 atom stereocenters. The molecule has 2 saturated heterocycles. The molecule has 0 aliphatic carbocycles. The highest BCUT2D eigenvalue weighted by Crippen LogP contribution is 2.33. The van der Waals surface area contributed by atoms with Crippen LogP contribution >= 0.6 is 11.8 Å². The number of aromatic nitrogens is 5. The average molecular weight is 1390 g/mol. The first-order chi connectivity index (χ1) is 47.1. The Hall–Kier alpha value is -9.16. The lowest BCUT2D eigenvalue weighted by Crippen LogP contribution is -2.61. The van der Waals surface area contributed by atoms with Crippen LogP contribution in [0.1, 0.15) is 108 Å². The summed E-state index contributed by atoms with van der Waals surface area (Å²) in [5, 5.41) is 36.8. The van der Waals surface area contributed by atoms with Crippen LogP contribution in [0.25, 0.3) is 0 Å². The number of hydrogen-bond donors (Lipinski definition) is 16. The van der Waals surface area contributed by atoms with Crippen LogP contribution in [0.2, 0.25) is 0 Å². The van der Waals surface area contributed by atoms with Crippen LogP contribution in [0.3, 0.4) is 0 Å². The molecule has 11 amide bonds. The molecule has 36 heteroatoms. The predicted octanol–water partition coefficient (Wildman–Crippen LogP) is -3.86. The second-order valence-electron chi connectivity index (χ2n) is 24.6. The SMILES string of the molecule is CC(C)C[C@H]1NC(=O)[C@@H](CCCN=C(N)N)NC(=O)[C@@H](Cc2ccccc2)NC(=O)[C@@H](Cc2cnc[nH]2)NC(=O)[C@@H](CCCN=C(N)N)NC(=O)[C@@H](NC(=O)COCCOCCOCCNC(=O)CCCCC2SC[C@@H]3NC(=O)N[C@H]23)Cc2cn(nn2)CCCC[C@@H](C(N)=O)NC1=O. The van der Waals surface area contributed by atoms with E-state index < -0.39 is 96.2 Å². The highest BCUT2D eigenvalue weighted by Gasteiger charge is 2.43. The van der Waals surface area contributed by atoms with Gasteiger partial charge in [-0.15, -0.1) is 5.10 Å². The van der Waals surface area contributed by atoms with Crippen LogP contribution in [-0.4, -0.2) is 221 Å². The molecular weight excluding hydrogens is 1290 g/mol. The number of nitrogens with zero attached hydrogens (tertiary/aromatic N) is 6. The van der Waals surface area contributed by atoms with Crippen molar-refractivity contribution in [1.82, 2.24) is 78.1 Å². The van der Waals surface area contributed by atoms with E-state index >= 15 is 0 Å². The second-order valence-corrected chi connectivity index (χ2v) is 25.8. The maximum absolute atomic E-state index is 14.9. The predicted molar refractivity (Wildman–Crippen MR) is 361 cm³/mol. The molecule has 2 fully saturated rings. The summed E-state index contributed by atoms with van der Waals surface area (Å²) in [7, 11) is 0. The third-order valence-electron chi connectivity index (χ3n) is 16.1. The fourth-order valence-electron chi connectivity index (χ4n) is 11.1. The average Bonchev–Trinajstić information content (AvgIpc) is 1.65. The summed E-state index contributed by atoms with van der Waals surface area (Å²) in [5.41, 5.74) is 29.5. The number of amides is 11. The zero-order chi connectivity index (χ0) is 70.8. The van der Waals surface area contributed by atoms with Crippen molar-refractivity contribution in [2.75, 3.05) is 65.0 Å². The van der Waals surface area contributed by atoms with E-state index in [1.807, 2.05) is 25.6 Å². The molecular formula is C62H98N22O13S. The Bertz CT molecular complexity index is 3110. The van der Waals surface area contributed by atoms with Crippen LogP contribution in [0.5, 0.6) is 0 Å². The third kappa shape index (κ3) is 28.5. The number of primary amides is 1. The van der Waals surface area contributed by atoms with E-state index in [-0.39, 0.29) is 158 Å². The number of ether oxygens (including phenoxy) is 3. The highest BCUT2D eigenvalue weighted by atomic mass is 32.2. The number of rotatable bonds is 32. The van der Waals surface area contributed by atoms with E-state index in [0.717, 1.165) is 25.0 Å². The van der Waals surface area contributed by atoms with Crippen molar-refractivity contribution in [2.45, 2.75) is 176 Å². The van der Waals surface area contributed by atoms with Crippen molar-refractivity contribution in [3.8, 4) is 0 Å². The van der Waals surface area contributed by atoms with Gasteiger partial charge in [-0.3, -0.25) is 57.8 Å². The molecule has 3 aliphatic heterocycles. The smallest absolute Gasteiger partial charge is 0.315 e. The Balaban J connectivity index is 1.16. The van der Waals surface area contributed by atoms with Crippen LogP contribution in [0, 0.1) is 5.92 Å². The minimum Gasteiger partial charge on any atom is -0.377 e. The number of H-pyrrole nitrogens is 1. The van der Waals surface area contributed by atoms with Gasteiger partial charge in [0.25, 0.3) is 0 Å². The molecule has 2 aromatic heterocycles. The van der Waals surface area contributed by atoms with Crippen LogP contribution in [0.4, 0.5) is 4.79 Å². The third-order valence-corrected chi connectivity index (χ3v) is 17.6. The Morgan fingerprint density at radius 1 is 0.673 bits per heavy atom. The summed E-state index contributed by atoms with van der Waals surface area (Å²) in [6, 6.07) is -0.556. The molecule has 5 heterocycles. The lowest BCUT2D eigenvalue weighted by atomic mass is 10.0. The van der Waals surface area contributed by atoms with E-state index in [9.17, 15) is 47.9 Å². The summed E-state index contributed by atoms with van der Waals surface area (Å²) < 4.78 is 18.3. The first-order valence-corrected chi connectivity index (χ1v) is 34.3. The number of hydrogen-bond acceptors (Lipinski definition) is 19. The van der Waals surface area contributed by atoms with Gasteiger partial charge >= 0.3 is 6.03 Å². The number of guanidine groups is 2. The quantitative estimate of drug-likeness (QED) is 0.0123. The fraction of sp³-hybridized carbons (Fsp3) is 0.629. The van der Waals surface area contributed by atoms with Crippen molar-refractivity contribution in [1.29, 1.82) is 0 Å². The summed E-state index contributed by atoms with van der Waals surface area (Å²) >= 11 is 1.84. The molecule has 0 spiro atoms. The number of aryl methyl sites for hydroxylation is 1. The van der Waals surface area contributed by atoms with Crippen molar-refractivity contribution in [3.05, 3.63) is 66.0 Å². The molecule has 6 rings (SSSR count). The Morgan fingerprint density at radius 3 is 1.93 bits per heavy atom. The zero-order valence-electron chi connectivity index (χ0n) is 55.6. The zero-order valence-corrected chi connectivity index (χ0v) is 56.5. The van der Waals surface area contributed by atoms with Gasteiger partial charge in [-0.25, -0.2) is 9.78 Å². The number of aliphatic imine (C=N–C) groups is 2. The fourth-order valence-corrected chi connectivity index (χ4v) is 12.6. The number of fused-ring (bicyclic) bond motifs is 3. The summed E-state index contributed by atoms with van der Waals surface area (Å²) in [6.07, 6.45) is 7.82. The first-order valence-electron chi connectivity index (χ1n) is 33.2. The number of thioether (sulfide) groups is 1. The number of carbonyl (C=O) groups excluding carboxylic acids is 10. The van der Waals surface area contributed by atoms with E-state index in [2.05, 4.69) is 83.4 Å². The number of carbonyl (C=O) groups is 10. The molecule has 3 aromatic rings. The number of benzene rings is 1. The standard InChI is InChI=1S/C62H98N22O13S/c1-37(2)28-44-56(90)74-41(53(63)87)14-8-9-22-84-33-40(82-83-84)31-46(73-51(86)34-97-27-26-96-25-24-95-23-21-69-50(85)18-7-6-17-49-52-48(35-98-49)80-62(94)81-52)58(92)76-43(16-11-20-71-61(66)67)55(89)79-47(30-39-32-68-36-72-39)59(93)78-45(29-38-12-4-3-5-13-38)57(91)75-42(54(88)77-44)15-10-19-70-60(64)65/h3-5,12-13,32-33,36-37,41-49,52H,6-11,14-31,34-35H2,1-2H3,(H2,63,87)(H,68,72)(H,69,85)(H,73,86)(H,74,90)(H,75,91)(H,76,92)(H,77,88)(H,78,93)(H,79,89)(H4,64,65,70)(H4,66,67,71)(H2,80,81,94)/t41-,42+,43+,44+,45+,46-,47+,48-,49?,52-/m0/s1. The topological polar surface area (TPSA) is 533 Å². The molecule has 540 valence electrons. The van der Waals surface area contributed by atoms with Gasteiger partial charge in [0.2, 0.25) is 53.2 Å². The normalized spacial score (nSPS) is 23.0. The van der Waals surface area contributed by atoms with Gasteiger partial charge in [0.15, 0.2) is 11.9 Å².